The Kier molecular flexibility index (Phi) is 3.32. The standard InChI is InChI=1S/C16H13BrN2O/c17-12-6-5-11(14(18)9-12)10-19-8-7-16(20)13-3-1-2-4-15(13)19/h1-9H,10,18H2. The van der Waals surface area contributed by atoms with Gasteiger partial charge in [-0.1, -0.05) is 34.1 Å². The van der Waals surface area contributed by atoms with Gasteiger partial charge < -0.3 is 10.3 Å². The van der Waals surface area contributed by atoms with E-state index in [1.54, 1.807) is 6.07 Å². The summed E-state index contributed by atoms with van der Waals surface area (Å²) in [5.41, 5.74) is 8.77. The highest BCUT2D eigenvalue weighted by Crippen LogP contribution is 2.20. The lowest BCUT2D eigenvalue weighted by Gasteiger charge is -2.12. The van der Waals surface area contributed by atoms with E-state index >= 15 is 0 Å². The van der Waals surface area contributed by atoms with Crippen molar-refractivity contribution in [3.63, 3.8) is 0 Å². The van der Waals surface area contributed by atoms with Crippen LogP contribution in [0.25, 0.3) is 10.9 Å². The predicted octanol–water partition coefficient (Wildman–Crippen LogP) is 3.39. The molecule has 3 aromatic rings. The Morgan fingerprint density at radius 2 is 1.90 bits per heavy atom. The second-order valence-corrected chi connectivity index (χ2v) is 5.58. The third kappa shape index (κ3) is 2.34. The fourth-order valence-electron chi connectivity index (χ4n) is 2.29. The summed E-state index contributed by atoms with van der Waals surface area (Å²) < 4.78 is 3.00. The molecule has 0 fully saturated rings. The number of rotatable bonds is 2. The van der Waals surface area contributed by atoms with E-state index in [1.165, 1.54) is 0 Å². The van der Waals surface area contributed by atoms with Gasteiger partial charge in [0.15, 0.2) is 5.43 Å². The van der Waals surface area contributed by atoms with E-state index in [1.807, 2.05) is 53.2 Å². The Morgan fingerprint density at radius 1 is 1.10 bits per heavy atom. The molecule has 3 nitrogen and oxygen atoms in total. The number of nitrogens with zero attached hydrogens (tertiary/aromatic N) is 1. The Morgan fingerprint density at radius 3 is 2.70 bits per heavy atom. The van der Waals surface area contributed by atoms with E-state index < -0.39 is 0 Å². The van der Waals surface area contributed by atoms with E-state index in [9.17, 15) is 4.79 Å². The molecule has 2 aromatic carbocycles. The molecule has 0 amide bonds. The maximum atomic E-state index is 11.9. The van der Waals surface area contributed by atoms with Crippen molar-refractivity contribution < 1.29 is 0 Å². The molecule has 0 saturated carbocycles. The van der Waals surface area contributed by atoms with Crippen molar-refractivity contribution in [2.45, 2.75) is 6.54 Å². The van der Waals surface area contributed by atoms with Crippen molar-refractivity contribution in [2.24, 2.45) is 0 Å². The van der Waals surface area contributed by atoms with Gasteiger partial charge in [0.25, 0.3) is 0 Å². The van der Waals surface area contributed by atoms with Gasteiger partial charge >= 0.3 is 0 Å². The lowest BCUT2D eigenvalue weighted by atomic mass is 10.1. The zero-order chi connectivity index (χ0) is 14.1. The number of aromatic nitrogens is 1. The van der Waals surface area contributed by atoms with Gasteiger partial charge in [0.05, 0.1) is 5.52 Å². The van der Waals surface area contributed by atoms with Crippen molar-refractivity contribution in [3.05, 3.63) is 75.0 Å². The zero-order valence-corrected chi connectivity index (χ0v) is 12.3. The summed E-state index contributed by atoms with van der Waals surface area (Å²) in [6.07, 6.45) is 1.81. The second kappa shape index (κ2) is 5.13. The number of anilines is 1. The molecule has 0 radical (unpaired) electrons. The maximum Gasteiger partial charge on any atom is 0.189 e. The first-order valence-electron chi connectivity index (χ1n) is 6.27. The summed E-state index contributed by atoms with van der Waals surface area (Å²) in [6, 6.07) is 15.1. The molecule has 0 spiro atoms. The number of fused-ring (bicyclic) bond motifs is 1. The monoisotopic (exact) mass is 328 g/mol. The third-order valence-electron chi connectivity index (χ3n) is 3.33. The fourth-order valence-corrected chi connectivity index (χ4v) is 2.67. The second-order valence-electron chi connectivity index (χ2n) is 4.67. The number of hydrogen-bond acceptors (Lipinski definition) is 2. The molecule has 0 aliphatic carbocycles. The minimum absolute atomic E-state index is 0.0422. The first kappa shape index (κ1) is 12.9. The molecule has 2 N–H and O–H groups in total. The molecular formula is C16H13BrN2O. The fraction of sp³-hybridized carbons (Fsp3) is 0.0625. The molecule has 1 heterocycles. The summed E-state index contributed by atoms with van der Waals surface area (Å²) >= 11 is 3.40. The predicted molar refractivity (Wildman–Crippen MR) is 85.9 cm³/mol. The molecule has 0 saturated heterocycles. The summed E-state index contributed by atoms with van der Waals surface area (Å²) in [4.78, 5) is 11.9. The van der Waals surface area contributed by atoms with Crippen LogP contribution in [0.3, 0.4) is 0 Å². The smallest absolute Gasteiger partial charge is 0.189 e. The first-order valence-corrected chi connectivity index (χ1v) is 7.06. The van der Waals surface area contributed by atoms with E-state index in [0.29, 0.717) is 6.54 Å². The Labute approximate surface area is 124 Å². The van der Waals surface area contributed by atoms with Crippen LogP contribution in [0.5, 0.6) is 0 Å². The van der Waals surface area contributed by atoms with Gasteiger partial charge in [-0.15, -0.1) is 0 Å². The van der Waals surface area contributed by atoms with Crippen LogP contribution in [-0.2, 0) is 6.54 Å². The Balaban J connectivity index is 2.11. The van der Waals surface area contributed by atoms with Crippen LogP contribution in [-0.4, -0.2) is 4.57 Å². The minimum Gasteiger partial charge on any atom is -0.398 e. The maximum absolute atomic E-state index is 11.9. The molecule has 3 rings (SSSR count). The largest absolute Gasteiger partial charge is 0.398 e. The highest BCUT2D eigenvalue weighted by molar-refractivity contribution is 9.10. The minimum atomic E-state index is 0.0422. The van der Waals surface area contributed by atoms with E-state index in [2.05, 4.69) is 15.9 Å². The molecule has 0 aliphatic rings. The summed E-state index contributed by atoms with van der Waals surface area (Å²) in [6.45, 7) is 0.639. The number of hydrogen-bond donors (Lipinski definition) is 1. The number of nitrogen functional groups attached to an aromatic ring is 1. The third-order valence-corrected chi connectivity index (χ3v) is 3.83. The Bertz CT molecular complexity index is 839. The van der Waals surface area contributed by atoms with Gasteiger partial charge in [-0.2, -0.15) is 0 Å². The number of para-hydroxylation sites is 1. The first-order chi connectivity index (χ1) is 9.65. The molecule has 100 valence electrons. The van der Waals surface area contributed by atoms with Crippen molar-refractivity contribution in [1.29, 1.82) is 0 Å². The molecule has 0 bridgehead atoms. The molecule has 0 atom stereocenters. The van der Waals surface area contributed by atoms with Crippen LogP contribution in [0.4, 0.5) is 5.69 Å². The van der Waals surface area contributed by atoms with Gasteiger partial charge in [-0.05, 0) is 29.8 Å². The van der Waals surface area contributed by atoms with Gasteiger partial charge in [-0.3, -0.25) is 4.79 Å². The SMILES string of the molecule is Nc1cc(Br)ccc1Cn1ccc(=O)c2ccccc21. The van der Waals surface area contributed by atoms with Crippen molar-refractivity contribution in [2.75, 3.05) is 5.73 Å². The van der Waals surface area contributed by atoms with E-state index in [-0.39, 0.29) is 5.43 Å². The number of pyridine rings is 1. The molecular weight excluding hydrogens is 316 g/mol. The number of nitrogens with two attached hydrogens (primary N) is 1. The number of halogens is 1. The quantitative estimate of drug-likeness (QED) is 0.733. The van der Waals surface area contributed by atoms with Crippen LogP contribution in [0.1, 0.15) is 5.56 Å². The topological polar surface area (TPSA) is 48.0 Å². The van der Waals surface area contributed by atoms with Gasteiger partial charge in [-0.25, -0.2) is 0 Å². The molecule has 4 heteroatoms. The van der Waals surface area contributed by atoms with Crippen LogP contribution < -0.4 is 11.2 Å². The van der Waals surface area contributed by atoms with Gasteiger partial charge in [0, 0.05) is 34.4 Å². The molecule has 0 aliphatic heterocycles. The molecule has 0 unspecified atom stereocenters. The summed E-state index contributed by atoms with van der Waals surface area (Å²) in [5, 5.41) is 0.727. The van der Waals surface area contributed by atoms with Gasteiger partial charge in [0.2, 0.25) is 0 Å². The summed E-state index contributed by atoms with van der Waals surface area (Å²) in [7, 11) is 0. The van der Waals surface area contributed by atoms with E-state index in [0.717, 1.165) is 26.6 Å². The van der Waals surface area contributed by atoms with Crippen LogP contribution >= 0.6 is 15.9 Å². The lowest BCUT2D eigenvalue weighted by Crippen LogP contribution is -2.09. The van der Waals surface area contributed by atoms with Crippen LogP contribution in [0.2, 0.25) is 0 Å². The Hall–Kier alpha value is -2.07. The van der Waals surface area contributed by atoms with Gasteiger partial charge in [0.1, 0.15) is 0 Å². The van der Waals surface area contributed by atoms with E-state index in [4.69, 9.17) is 5.73 Å². The lowest BCUT2D eigenvalue weighted by molar-refractivity contribution is 0.827. The molecule has 1 aromatic heterocycles. The number of benzene rings is 2. The normalized spacial score (nSPS) is 10.8. The van der Waals surface area contributed by atoms with Crippen molar-refractivity contribution in [3.8, 4) is 0 Å². The average Bonchev–Trinajstić information content (AvgIpc) is 2.45. The van der Waals surface area contributed by atoms with Crippen molar-refractivity contribution >= 4 is 32.5 Å². The van der Waals surface area contributed by atoms with Crippen LogP contribution in [0, 0.1) is 0 Å². The average molecular weight is 329 g/mol. The zero-order valence-electron chi connectivity index (χ0n) is 10.7. The highest BCUT2D eigenvalue weighted by Gasteiger charge is 2.05. The molecule has 20 heavy (non-hydrogen) atoms. The summed E-state index contributed by atoms with van der Waals surface area (Å²) in [5.74, 6) is 0. The van der Waals surface area contributed by atoms with Crippen molar-refractivity contribution in [1.82, 2.24) is 4.57 Å². The van der Waals surface area contributed by atoms with Crippen LogP contribution in [0.15, 0.2) is 64.0 Å². The highest BCUT2D eigenvalue weighted by atomic mass is 79.9.